The molecule has 102 valence electrons. The Labute approximate surface area is 139 Å². The summed E-state index contributed by atoms with van der Waals surface area (Å²) in [5, 5.41) is 1.09. The van der Waals surface area contributed by atoms with Crippen molar-refractivity contribution in [3.05, 3.63) is 67.4 Å². The quantitative estimate of drug-likeness (QED) is 0.558. The number of fused-ring (bicyclic) bond motifs is 1. The number of para-hydroxylation sites is 1. The Morgan fingerprint density at radius 2 is 2.00 bits per heavy atom. The van der Waals surface area contributed by atoms with Crippen molar-refractivity contribution in [1.29, 1.82) is 0 Å². The molecule has 0 aliphatic carbocycles. The van der Waals surface area contributed by atoms with Gasteiger partial charge < -0.3 is 10.2 Å². The van der Waals surface area contributed by atoms with Crippen molar-refractivity contribution in [3.8, 4) is 0 Å². The number of benzene rings is 2. The van der Waals surface area contributed by atoms with Crippen LogP contribution in [0.4, 0.5) is 0 Å². The maximum atomic E-state index is 6.37. The van der Waals surface area contributed by atoms with Crippen LogP contribution in [0.5, 0.6) is 0 Å². The number of hydrogen-bond donors (Lipinski definition) is 1. The van der Waals surface area contributed by atoms with Crippen LogP contribution in [-0.4, -0.2) is 0 Å². The van der Waals surface area contributed by atoms with E-state index < -0.39 is 0 Å². The number of furan rings is 1. The summed E-state index contributed by atoms with van der Waals surface area (Å²) in [5.41, 5.74) is 9.45. The minimum atomic E-state index is -0.272. The number of hydrogen-bond acceptors (Lipinski definition) is 2. The number of aryl methyl sites for hydroxylation is 1. The highest BCUT2D eigenvalue weighted by molar-refractivity contribution is 14.1. The smallest absolute Gasteiger partial charge is 0.137 e. The van der Waals surface area contributed by atoms with E-state index >= 15 is 0 Å². The van der Waals surface area contributed by atoms with Crippen LogP contribution in [0.15, 0.2) is 51.4 Å². The third-order valence-corrected chi connectivity index (χ3v) is 4.75. The zero-order valence-corrected chi connectivity index (χ0v) is 14.6. The first-order valence-electron chi connectivity index (χ1n) is 6.26. The average molecular weight is 442 g/mol. The summed E-state index contributed by atoms with van der Waals surface area (Å²) in [6, 6.07) is 14.0. The highest BCUT2D eigenvalue weighted by atomic mass is 127. The van der Waals surface area contributed by atoms with Crippen LogP contribution in [0.3, 0.4) is 0 Å². The molecule has 0 bridgehead atoms. The highest BCUT2D eigenvalue weighted by Gasteiger charge is 2.17. The van der Waals surface area contributed by atoms with Gasteiger partial charge in [-0.3, -0.25) is 0 Å². The SMILES string of the molecule is Cc1cccc2cc(C(N)c3cc(I)ccc3Br)oc12. The van der Waals surface area contributed by atoms with Crippen LogP contribution in [0.25, 0.3) is 11.0 Å². The molecule has 0 aliphatic heterocycles. The van der Waals surface area contributed by atoms with E-state index in [0.29, 0.717) is 0 Å². The fourth-order valence-corrected chi connectivity index (χ4v) is 3.30. The Hall–Kier alpha value is -0.850. The molecule has 1 heterocycles. The molecule has 1 unspecified atom stereocenters. The summed E-state index contributed by atoms with van der Waals surface area (Å²) in [6.07, 6.45) is 0. The lowest BCUT2D eigenvalue weighted by Crippen LogP contribution is -2.11. The van der Waals surface area contributed by atoms with Crippen molar-refractivity contribution >= 4 is 49.5 Å². The predicted molar refractivity (Wildman–Crippen MR) is 93.8 cm³/mol. The van der Waals surface area contributed by atoms with Crippen LogP contribution < -0.4 is 5.73 Å². The summed E-state index contributed by atoms with van der Waals surface area (Å²) in [6.45, 7) is 2.04. The lowest BCUT2D eigenvalue weighted by atomic mass is 10.1. The third kappa shape index (κ3) is 2.52. The summed E-state index contributed by atoms with van der Waals surface area (Å²) in [4.78, 5) is 0. The van der Waals surface area contributed by atoms with E-state index in [1.54, 1.807) is 0 Å². The second-order valence-corrected chi connectivity index (χ2v) is 6.89. The fourth-order valence-electron chi connectivity index (χ4n) is 2.29. The Balaban J connectivity index is 2.10. The first kappa shape index (κ1) is 14.1. The zero-order chi connectivity index (χ0) is 14.3. The van der Waals surface area contributed by atoms with E-state index in [2.05, 4.69) is 44.6 Å². The van der Waals surface area contributed by atoms with Gasteiger partial charge in [0.15, 0.2) is 0 Å². The number of nitrogens with two attached hydrogens (primary N) is 1. The van der Waals surface area contributed by atoms with Crippen LogP contribution in [-0.2, 0) is 0 Å². The lowest BCUT2D eigenvalue weighted by molar-refractivity contribution is 0.523. The fraction of sp³-hybridized carbons (Fsp3) is 0.125. The second-order valence-electron chi connectivity index (χ2n) is 4.79. The van der Waals surface area contributed by atoms with Crippen molar-refractivity contribution in [2.45, 2.75) is 13.0 Å². The average Bonchev–Trinajstić information content (AvgIpc) is 2.86. The Morgan fingerprint density at radius 1 is 1.20 bits per heavy atom. The van der Waals surface area contributed by atoms with Gasteiger partial charge in [0, 0.05) is 13.4 Å². The normalized spacial score (nSPS) is 12.8. The van der Waals surface area contributed by atoms with Gasteiger partial charge in [0.1, 0.15) is 11.3 Å². The van der Waals surface area contributed by atoms with Gasteiger partial charge in [-0.2, -0.15) is 0 Å². The molecular weight excluding hydrogens is 429 g/mol. The van der Waals surface area contributed by atoms with Crippen LogP contribution in [0, 0.1) is 10.5 Å². The van der Waals surface area contributed by atoms with E-state index in [0.717, 1.165) is 35.9 Å². The summed E-state index contributed by atoms with van der Waals surface area (Å²) in [5.74, 6) is 0.789. The van der Waals surface area contributed by atoms with E-state index in [4.69, 9.17) is 10.2 Å². The molecule has 0 amide bonds. The van der Waals surface area contributed by atoms with Gasteiger partial charge in [-0.15, -0.1) is 0 Å². The molecule has 2 aromatic carbocycles. The molecule has 0 aliphatic rings. The van der Waals surface area contributed by atoms with Crippen molar-refractivity contribution in [2.75, 3.05) is 0 Å². The molecule has 3 rings (SSSR count). The Bertz CT molecular complexity index is 781. The molecule has 0 fully saturated rings. The largest absolute Gasteiger partial charge is 0.459 e. The standard InChI is InChI=1S/C16H13BrINO/c1-9-3-2-4-10-7-14(20-16(9)10)15(19)12-8-11(18)5-6-13(12)17/h2-8,15H,19H2,1H3. The molecule has 3 aromatic rings. The maximum Gasteiger partial charge on any atom is 0.137 e. The van der Waals surface area contributed by atoms with Gasteiger partial charge in [-0.1, -0.05) is 34.1 Å². The molecule has 4 heteroatoms. The van der Waals surface area contributed by atoms with Crippen LogP contribution in [0.1, 0.15) is 22.9 Å². The van der Waals surface area contributed by atoms with E-state index in [9.17, 15) is 0 Å². The summed E-state index contributed by atoms with van der Waals surface area (Å²) < 4.78 is 8.12. The third-order valence-electron chi connectivity index (χ3n) is 3.36. The molecule has 1 aromatic heterocycles. The van der Waals surface area contributed by atoms with E-state index in [1.807, 2.05) is 43.3 Å². The minimum absolute atomic E-state index is 0.272. The van der Waals surface area contributed by atoms with Gasteiger partial charge in [0.2, 0.25) is 0 Å². The topological polar surface area (TPSA) is 39.2 Å². The molecule has 1 atom stereocenters. The number of rotatable bonds is 2. The molecule has 0 radical (unpaired) electrons. The van der Waals surface area contributed by atoms with Crippen molar-refractivity contribution in [2.24, 2.45) is 5.73 Å². The summed E-state index contributed by atoms with van der Waals surface area (Å²) >= 11 is 5.85. The van der Waals surface area contributed by atoms with Gasteiger partial charge in [-0.05, 0) is 64.9 Å². The van der Waals surface area contributed by atoms with Crippen molar-refractivity contribution in [3.63, 3.8) is 0 Å². The molecule has 0 saturated heterocycles. The molecule has 2 N–H and O–H groups in total. The van der Waals surface area contributed by atoms with Gasteiger partial charge in [0.05, 0.1) is 6.04 Å². The first-order valence-corrected chi connectivity index (χ1v) is 8.13. The van der Waals surface area contributed by atoms with Gasteiger partial charge in [0.25, 0.3) is 0 Å². The second kappa shape index (κ2) is 5.50. The zero-order valence-electron chi connectivity index (χ0n) is 10.9. The summed E-state index contributed by atoms with van der Waals surface area (Å²) in [7, 11) is 0. The maximum absolute atomic E-state index is 6.37. The van der Waals surface area contributed by atoms with Crippen LogP contribution >= 0.6 is 38.5 Å². The minimum Gasteiger partial charge on any atom is -0.459 e. The van der Waals surface area contributed by atoms with Crippen molar-refractivity contribution < 1.29 is 4.42 Å². The van der Waals surface area contributed by atoms with Crippen LogP contribution in [0.2, 0.25) is 0 Å². The van der Waals surface area contributed by atoms with Crippen molar-refractivity contribution in [1.82, 2.24) is 0 Å². The first-order chi connectivity index (χ1) is 9.56. The molecule has 0 saturated carbocycles. The monoisotopic (exact) mass is 441 g/mol. The highest BCUT2D eigenvalue weighted by Crippen LogP contribution is 2.32. The molecular formula is C16H13BrINO. The predicted octanol–water partition coefficient (Wildman–Crippen LogP) is 5.16. The number of halogens is 2. The molecule has 2 nitrogen and oxygen atoms in total. The van der Waals surface area contributed by atoms with Gasteiger partial charge in [-0.25, -0.2) is 0 Å². The molecule has 0 spiro atoms. The van der Waals surface area contributed by atoms with E-state index in [-0.39, 0.29) is 6.04 Å². The van der Waals surface area contributed by atoms with Gasteiger partial charge >= 0.3 is 0 Å². The molecule has 20 heavy (non-hydrogen) atoms. The Kier molecular flexibility index (Phi) is 3.88. The Morgan fingerprint density at radius 3 is 2.75 bits per heavy atom. The lowest BCUT2D eigenvalue weighted by Gasteiger charge is -2.11. The van der Waals surface area contributed by atoms with E-state index in [1.165, 1.54) is 0 Å².